The van der Waals surface area contributed by atoms with Crippen molar-refractivity contribution in [3.05, 3.63) is 48.0 Å². The van der Waals surface area contributed by atoms with Crippen LogP contribution < -0.4 is 11.1 Å². The minimum Gasteiger partial charge on any atom is -0.266 e. The number of nitro benzene ring substituents is 1. The second-order valence-electron chi connectivity index (χ2n) is 4.62. The molecule has 2 N–H and O–H groups in total. The van der Waals surface area contributed by atoms with Gasteiger partial charge in [-0.05, 0) is 25.5 Å². The predicted octanol–water partition coefficient (Wildman–Crippen LogP) is 0.685. The quantitative estimate of drug-likeness (QED) is 0.384. The average molecular weight is 287 g/mol. The van der Waals surface area contributed by atoms with E-state index in [-0.39, 0.29) is 27.8 Å². The topological polar surface area (TPSA) is 135 Å². The molecule has 21 heavy (non-hydrogen) atoms. The highest BCUT2D eigenvalue weighted by Gasteiger charge is 2.22. The first-order valence-electron chi connectivity index (χ1n) is 5.97. The monoisotopic (exact) mass is 287 g/mol. The summed E-state index contributed by atoms with van der Waals surface area (Å²) in [5, 5.41) is 15.5. The van der Waals surface area contributed by atoms with E-state index in [1.165, 1.54) is 0 Å². The minimum absolute atomic E-state index is 0.00769. The number of nitro groups is 1. The summed E-state index contributed by atoms with van der Waals surface area (Å²) in [6.07, 6.45) is 0. The van der Waals surface area contributed by atoms with Crippen molar-refractivity contribution in [3.8, 4) is 0 Å². The van der Waals surface area contributed by atoms with Crippen molar-refractivity contribution >= 4 is 27.8 Å². The van der Waals surface area contributed by atoms with E-state index in [0.29, 0.717) is 11.1 Å². The van der Waals surface area contributed by atoms with Gasteiger partial charge in [0.2, 0.25) is 0 Å². The molecule has 0 amide bonds. The molecule has 0 saturated heterocycles. The van der Waals surface area contributed by atoms with Crippen molar-refractivity contribution in [3.63, 3.8) is 0 Å². The number of nitrogens with zero attached hydrogens (tertiary/aromatic N) is 3. The van der Waals surface area contributed by atoms with Crippen LogP contribution in [0.5, 0.6) is 0 Å². The predicted molar refractivity (Wildman–Crippen MR) is 74.4 cm³/mol. The lowest BCUT2D eigenvalue weighted by molar-refractivity contribution is -0.383. The molecule has 0 aliphatic carbocycles. The van der Waals surface area contributed by atoms with Crippen molar-refractivity contribution in [2.45, 2.75) is 13.8 Å². The molecule has 3 aromatic rings. The maximum atomic E-state index is 11.7. The summed E-state index contributed by atoms with van der Waals surface area (Å²) in [6.45, 7) is 3.30. The largest absolute Gasteiger partial charge is 0.300 e. The first-order chi connectivity index (χ1) is 9.90. The van der Waals surface area contributed by atoms with Crippen molar-refractivity contribution in [1.29, 1.82) is 0 Å². The third-order valence-electron chi connectivity index (χ3n) is 3.35. The Morgan fingerprint density at radius 1 is 1.05 bits per heavy atom. The molecule has 1 aromatic carbocycles. The van der Waals surface area contributed by atoms with E-state index >= 15 is 0 Å². The van der Waals surface area contributed by atoms with Crippen LogP contribution >= 0.6 is 0 Å². The fourth-order valence-electron chi connectivity index (χ4n) is 2.17. The summed E-state index contributed by atoms with van der Waals surface area (Å²) >= 11 is 0. The van der Waals surface area contributed by atoms with Gasteiger partial charge in [0.1, 0.15) is 0 Å². The van der Waals surface area contributed by atoms with Crippen LogP contribution in [0.25, 0.3) is 22.1 Å². The zero-order valence-electron chi connectivity index (χ0n) is 11.1. The van der Waals surface area contributed by atoms with Crippen LogP contribution in [0, 0.1) is 24.0 Å². The van der Waals surface area contributed by atoms with Crippen molar-refractivity contribution in [2.24, 2.45) is 0 Å². The molecule has 0 aliphatic rings. The molecule has 0 atom stereocenters. The number of rotatable bonds is 1. The molecule has 0 bridgehead atoms. The number of nitrogens with one attached hydrogen (secondary N) is 2. The Labute approximate surface area is 115 Å². The van der Waals surface area contributed by atoms with Crippen LogP contribution in [0.1, 0.15) is 11.1 Å². The van der Waals surface area contributed by atoms with E-state index in [0.717, 1.165) is 0 Å². The Morgan fingerprint density at radius 3 is 2.19 bits per heavy atom. The normalized spacial score (nSPS) is 11.1. The van der Waals surface area contributed by atoms with Crippen LogP contribution in [0.3, 0.4) is 0 Å². The Morgan fingerprint density at radius 2 is 1.62 bits per heavy atom. The van der Waals surface area contributed by atoms with Gasteiger partial charge in [-0.15, -0.1) is 0 Å². The SMILES string of the molecule is Cc1cc2nc3c(=O)[nH][nH]c(=O)c3nc2c([N+](=O)[O-])c1C. The lowest BCUT2D eigenvalue weighted by atomic mass is 10.1. The van der Waals surface area contributed by atoms with Gasteiger partial charge in [0, 0.05) is 5.56 Å². The number of fused-ring (bicyclic) bond motifs is 2. The van der Waals surface area contributed by atoms with Gasteiger partial charge in [-0.3, -0.25) is 29.9 Å². The molecule has 9 heteroatoms. The van der Waals surface area contributed by atoms with Crippen LogP contribution in [0.4, 0.5) is 5.69 Å². The van der Waals surface area contributed by atoms with E-state index in [2.05, 4.69) is 20.2 Å². The van der Waals surface area contributed by atoms with Crippen molar-refractivity contribution in [2.75, 3.05) is 0 Å². The molecule has 3 rings (SSSR count). The molecule has 106 valence electrons. The second-order valence-corrected chi connectivity index (χ2v) is 4.62. The van der Waals surface area contributed by atoms with Crippen molar-refractivity contribution < 1.29 is 4.92 Å². The Kier molecular flexibility index (Phi) is 2.58. The minimum atomic E-state index is -0.661. The first kappa shape index (κ1) is 12.9. The third-order valence-corrected chi connectivity index (χ3v) is 3.35. The maximum absolute atomic E-state index is 11.7. The maximum Gasteiger partial charge on any atom is 0.300 e. The van der Waals surface area contributed by atoms with E-state index < -0.39 is 16.0 Å². The molecule has 0 aliphatic heterocycles. The summed E-state index contributed by atoms with van der Waals surface area (Å²) < 4.78 is 0. The Hall–Kier alpha value is -3.10. The fourth-order valence-corrected chi connectivity index (χ4v) is 2.17. The van der Waals surface area contributed by atoms with Crippen LogP contribution in [-0.4, -0.2) is 25.1 Å². The molecular formula is C12H9N5O4. The zero-order valence-corrected chi connectivity index (χ0v) is 11.1. The van der Waals surface area contributed by atoms with Crippen LogP contribution in [0.15, 0.2) is 15.7 Å². The molecule has 0 saturated carbocycles. The molecule has 0 unspecified atom stereocenters. The lowest BCUT2D eigenvalue weighted by Gasteiger charge is -2.05. The second kappa shape index (κ2) is 4.20. The van der Waals surface area contributed by atoms with Gasteiger partial charge in [-0.2, -0.15) is 0 Å². The van der Waals surface area contributed by atoms with Gasteiger partial charge >= 0.3 is 0 Å². The van der Waals surface area contributed by atoms with E-state index in [9.17, 15) is 19.7 Å². The molecule has 9 nitrogen and oxygen atoms in total. The highest BCUT2D eigenvalue weighted by atomic mass is 16.6. The highest BCUT2D eigenvalue weighted by Crippen LogP contribution is 2.29. The summed E-state index contributed by atoms with van der Waals surface area (Å²) in [5.74, 6) is 0. The number of aromatic nitrogens is 4. The number of aryl methyl sites for hydroxylation is 1. The number of H-pyrrole nitrogens is 2. The summed E-state index contributed by atoms with van der Waals surface area (Å²) in [6, 6.07) is 1.60. The van der Waals surface area contributed by atoms with E-state index in [4.69, 9.17) is 0 Å². The molecule has 0 spiro atoms. The van der Waals surface area contributed by atoms with Gasteiger partial charge in [-0.1, -0.05) is 0 Å². The molecule has 0 fully saturated rings. The highest BCUT2D eigenvalue weighted by molar-refractivity contribution is 5.92. The number of hydrogen-bond acceptors (Lipinski definition) is 6. The summed E-state index contributed by atoms with van der Waals surface area (Å²) in [7, 11) is 0. The average Bonchev–Trinajstić information content (AvgIpc) is 2.43. The Balaban J connectivity index is 2.65. The number of aromatic amines is 2. The molecule has 0 radical (unpaired) electrons. The Bertz CT molecular complexity index is 1030. The number of hydrogen-bond donors (Lipinski definition) is 2. The lowest BCUT2D eigenvalue weighted by Crippen LogP contribution is -2.21. The standard InChI is InChI=1S/C12H9N5O4/c1-4-3-6-7(10(5(4)2)17(20)21)14-9-8(13-6)11(18)15-16-12(9)19/h3H,1-2H3,(H,15,18)(H,16,19). The first-order valence-corrected chi connectivity index (χ1v) is 5.97. The van der Waals surface area contributed by atoms with Gasteiger partial charge in [0.15, 0.2) is 16.6 Å². The van der Waals surface area contributed by atoms with E-state index in [1.54, 1.807) is 19.9 Å². The molecule has 2 aromatic heterocycles. The van der Waals surface area contributed by atoms with Gasteiger partial charge in [-0.25, -0.2) is 9.97 Å². The summed E-state index contributed by atoms with van der Waals surface area (Å²) in [5.41, 5.74) is -0.557. The van der Waals surface area contributed by atoms with Gasteiger partial charge < -0.3 is 0 Å². The fraction of sp³-hybridized carbons (Fsp3) is 0.167. The molecular weight excluding hydrogens is 278 g/mol. The van der Waals surface area contributed by atoms with Crippen molar-refractivity contribution in [1.82, 2.24) is 20.2 Å². The van der Waals surface area contributed by atoms with Gasteiger partial charge in [0.25, 0.3) is 16.8 Å². The zero-order chi connectivity index (χ0) is 15.3. The molecule has 2 heterocycles. The number of benzene rings is 1. The third kappa shape index (κ3) is 1.78. The van der Waals surface area contributed by atoms with E-state index in [1.807, 2.05) is 0 Å². The summed E-state index contributed by atoms with van der Waals surface area (Å²) in [4.78, 5) is 42.1. The smallest absolute Gasteiger partial charge is 0.266 e. The van der Waals surface area contributed by atoms with Gasteiger partial charge in [0.05, 0.1) is 10.4 Å². The van der Waals surface area contributed by atoms with Crippen LogP contribution in [-0.2, 0) is 0 Å². The van der Waals surface area contributed by atoms with Crippen LogP contribution in [0.2, 0.25) is 0 Å².